The fourth-order valence-corrected chi connectivity index (χ4v) is 16.4. The number of nitrogens with zero attached hydrogens (tertiary/aromatic N) is 6. The molecule has 478 valence electrons. The molecule has 6 heteroatoms. The first kappa shape index (κ1) is 58.5. The molecular formula is C96H64N6. The van der Waals surface area contributed by atoms with Gasteiger partial charge in [-0.15, -0.1) is 0 Å². The Hall–Kier alpha value is -13.7. The highest BCUT2D eigenvalue weighted by molar-refractivity contribution is 6.30. The summed E-state index contributed by atoms with van der Waals surface area (Å²) in [6.45, 7) is 0. The topological polar surface area (TPSA) is 27.9 Å². The Balaban J connectivity index is 0.000000137. The largest absolute Gasteiger partial charge is 0.311 e. The van der Waals surface area contributed by atoms with Crippen LogP contribution in [0.3, 0.4) is 0 Å². The average molecular weight is 1300 g/mol. The van der Waals surface area contributed by atoms with E-state index in [-0.39, 0.29) is 0 Å². The van der Waals surface area contributed by atoms with Crippen LogP contribution in [0.15, 0.2) is 388 Å². The molecule has 0 spiro atoms. The number of hydrogen-bond acceptors (Lipinski definition) is 1. The summed E-state index contributed by atoms with van der Waals surface area (Å²) in [5.74, 6) is 0. The van der Waals surface area contributed by atoms with E-state index in [0.717, 1.165) is 45.5 Å². The van der Waals surface area contributed by atoms with E-state index in [4.69, 9.17) is 0 Å². The van der Waals surface area contributed by atoms with Gasteiger partial charge in [-0.25, -0.2) is 0 Å². The fourth-order valence-electron chi connectivity index (χ4n) is 16.4. The molecule has 5 heterocycles. The molecule has 0 amide bonds. The van der Waals surface area contributed by atoms with Gasteiger partial charge >= 0.3 is 0 Å². The Morgan fingerprint density at radius 2 is 0.402 bits per heavy atom. The van der Waals surface area contributed by atoms with Crippen LogP contribution >= 0.6 is 0 Å². The molecule has 0 aliphatic carbocycles. The number of benzene rings is 16. The van der Waals surface area contributed by atoms with Crippen LogP contribution in [0.25, 0.3) is 160 Å². The summed E-state index contributed by atoms with van der Waals surface area (Å²) >= 11 is 0. The van der Waals surface area contributed by atoms with Gasteiger partial charge in [0, 0.05) is 99.4 Å². The molecule has 0 saturated carbocycles. The molecule has 5 aromatic heterocycles. The van der Waals surface area contributed by atoms with Crippen molar-refractivity contribution in [2.24, 2.45) is 0 Å². The molecule has 102 heavy (non-hydrogen) atoms. The van der Waals surface area contributed by atoms with Gasteiger partial charge in [-0.05, 0) is 168 Å². The zero-order chi connectivity index (χ0) is 67.2. The normalized spacial score (nSPS) is 11.7. The van der Waals surface area contributed by atoms with Gasteiger partial charge in [0.25, 0.3) is 0 Å². The number of fused-ring (bicyclic) bond motifs is 17. The molecule has 0 bridgehead atoms. The maximum atomic E-state index is 2.47. The number of rotatable bonds is 10. The SMILES string of the molecule is c1ccc(-n2c3ccccc3c3cc(-c4ccc(-n5c6ccccc6c6ccccc65)cc4)c4c5ccccc5n(-c5ccccc5)c4c32)cc1.c1ccc(N(c2ccccc2)c2ccc(-c3cc4c5ccccc5n(-c5ccccc5)c4c4c3c3ccccc3n4-c3ccccc3)cc2)cc1. The Labute approximate surface area is 589 Å². The van der Waals surface area contributed by atoms with Crippen LogP contribution < -0.4 is 4.90 Å². The smallest absolute Gasteiger partial charge is 0.0795 e. The van der Waals surface area contributed by atoms with E-state index >= 15 is 0 Å². The van der Waals surface area contributed by atoms with Gasteiger partial charge in [-0.2, -0.15) is 0 Å². The third kappa shape index (κ3) is 9.27. The van der Waals surface area contributed by atoms with Gasteiger partial charge in [-0.1, -0.05) is 243 Å². The highest BCUT2D eigenvalue weighted by Gasteiger charge is 2.27. The van der Waals surface area contributed by atoms with Crippen LogP contribution in [-0.2, 0) is 0 Å². The number of hydrogen-bond donors (Lipinski definition) is 0. The van der Waals surface area contributed by atoms with E-state index in [1.807, 2.05) is 0 Å². The summed E-state index contributed by atoms with van der Waals surface area (Å²) in [5.41, 5.74) is 26.0. The molecule has 0 atom stereocenters. The van der Waals surface area contributed by atoms with Gasteiger partial charge in [-0.3, -0.25) is 0 Å². The lowest BCUT2D eigenvalue weighted by Crippen LogP contribution is -2.09. The van der Waals surface area contributed by atoms with Gasteiger partial charge in [0.05, 0.1) is 55.2 Å². The fraction of sp³-hybridized carbons (Fsp3) is 0. The van der Waals surface area contributed by atoms with Gasteiger partial charge in [0.2, 0.25) is 0 Å². The molecule has 0 aliphatic rings. The van der Waals surface area contributed by atoms with Crippen LogP contribution in [0.4, 0.5) is 17.1 Å². The second-order valence-electron chi connectivity index (χ2n) is 26.3. The van der Waals surface area contributed by atoms with Crippen LogP contribution in [0.2, 0.25) is 0 Å². The maximum Gasteiger partial charge on any atom is 0.0795 e. The molecule has 16 aromatic carbocycles. The third-order valence-electron chi connectivity index (χ3n) is 20.7. The molecule has 6 nitrogen and oxygen atoms in total. The van der Waals surface area contributed by atoms with Crippen molar-refractivity contribution < 1.29 is 0 Å². The molecule has 21 rings (SSSR count). The Morgan fingerprint density at radius 1 is 0.167 bits per heavy atom. The molecular weight excluding hydrogens is 1240 g/mol. The standard InChI is InChI=1S/C48H31N3.C48H33N3/c1-3-15-33(16-4-1)50-44-25-13-9-21-38(44)41-31-40(46-39-22-10-14-26-45(39)51(48(46)47(41)50)34-17-5-2-6-18-34)32-27-29-35(30-28-32)49-42-23-11-7-19-36(42)37-20-8-12-24-43(37)49;1-5-17-35(18-6-1)49(36-19-7-2-8-20-36)39-31-29-34(30-32-39)42-33-43-40-25-13-15-27-44(40)50(37-21-9-3-10-22-37)47(43)48-46(42)41-26-14-16-28-45(41)51(48)38-23-11-4-12-24-38/h1-31H;1-33H. The monoisotopic (exact) mass is 1300 g/mol. The first-order chi connectivity index (χ1) is 50.7. The van der Waals surface area contributed by atoms with E-state index in [9.17, 15) is 0 Å². The van der Waals surface area contributed by atoms with E-state index in [0.29, 0.717) is 0 Å². The van der Waals surface area contributed by atoms with Crippen molar-refractivity contribution >= 4 is 126 Å². The van der Waals surface area contributed by atoms with Gasteiger partial charge < -0.3 is 27.7 Å². The maximum absolute atomic E-state index is 2.47. The predicted molar refractivity (Wildman–Crippen MR) is 430 cm³/mol. The average Bonchev–Trinajstić information content (AvgIpc) is 1.54. The zero-order valence-electron chi connectivity index (χ0n) is 55.6. The highest BCUT2D eigenvalue weighted by atomic mass is 15.1. The lowest BCUT2D eigenvalue weighted by molar-refractivity contribution is 1.15. The minimum atomic E-state index is 1.11. The number of aromatic nitrogens is 5. The summed E-state index contributed by atoms with van der Waals surface area (Å²) in [4.78, 5) is 2.32. The van der Waals surface area contributed by atoms with E-state index in [1.165, 1.54) is 131 Å². The number of para-hydroxylation sites is 12. The summed E-state index contributed by atoms with van der Waals surface area (Å²) in [7, 11) is 0. The lowest BCUT2D eigenvalue weighted by Gasteiger charge is -2.25. The molecule has 0 aliphatic heterocycles. The molecule has 0 N–H and O–H groups in total. The molecule has 0 unspecified atom stereocenters. The minimum Gasteiger partial charge on any atom is -0.311 e. The third-order valence-corrected chi connectivity index (χ3v) is 20.7. The van der Waals surface area contributed by atoms with E-state index in [1.54, 1.807) is 0 Å². The van der Waals surface area contributed by atoms with Crippen LogP contribution in [0.1, 0.15) is 0 Å². The summed E-state index contributed by atoms with van der Waals surface area (Å²) in [6, 6.07) is 140. The molecule has 0 saturated heterocycles. The van der Waals surface area contributed by atoms with Crippen LogP contribution in [0, 0.1) is 0 Å². The first-order valence-electron chi connectivity index (χ1n) is 35.0. The van der Waals surface area contributed by atoms with Gasteiger partial charge in [0.1, 0.15) is 0 Å². The summed E-state index contributed by atoms with van der Waals surface area (Å²) < 4.78 is 12.2. The Kier molecular flexibility index (Phi) is 13.8. The van der Waals surface area contributed by atoms with Crippen molar-refractivity contribution in [3.8, 4) is 50.7 Å². The predicted octanol–water partition coefficient (Wildman–Crippen LogP) is 25.7. The highest BCUT2D eigenvalue weighted by Crippen LogP contribution is 2.50. The van der Waals surface area contributed by atoms with Crippen molar-refractivity contribution in [2.45, 2.75) is 0 Å². The van der Waals surface area contributed by atoms with Crippen molar-refractivity contribution in [2.75, 3.05) is 4.90 Å². The van der Waals surface area contributed by atoms with Crippen molar-refractivity contribution in [1.29, 1.82) is 0 Å². The van der Waals surface area contributed by atoms with E-state index < -0.39 is 0 Å². The second-order valence-corrected chi connectivity index (χ2v) is 26.3. The second kappa shape index (κ2) is 24.1. The van der Waals surface area contributed by atoms with Crippen LogP contribution in [0.5, 0.6) is 0 Å². The quantitative estimate of drug-likeness (QED) is 0.134. The molecule has 0 radical (unpaired) electrons. The van der Waals surface area contributed by atoms with Gasteiger partial charge in [0.15, 0.2) is 0 Å². The Bertz CT molecular complexity index is 6650. The Morgan fingerprint density at radius 3 is 0.745 bits per heavy atom. The zero-order valence-corrected chi connectivity index (χ0v) is 55.6. The van der Waals surface area contributed by atoms with Crippen LogP contribution in [-0.4, -0.2) is 22.8 Å². The lowest BCUT2D eigenvalue weighted by atomic mass is 9.96. The summed E-state index contributed by atoms with van der Waals surface area (Å²) in [5, 5.41) is 12.5. The number of anilines is 3. The molecule has 0 fully saturated rings. The summed E-state index contributed by atoms with van der Waals surface area (Å²) in [6.07, 6.45) is 0. The van der Waals surface area contributed by atoms with Crippen molar-refractivity contribution in [3.63, 3.8) is 0 Å². The van der Waals surface area contributed by atoms with Crippen molar-refractivity contribution in [1.82, 2.24) is 22.8 Å². The first-order valence-corrected chi connectivity index (χ1v) is 35.0. The minimum absolute atomic E-state index is 1.11. The molecule has 21 aromatic rings. The van der Waals surface area contributed by atoms with E-state index in [2.05, 4.69) is 416 Å². The van der Waals surface area contributed by atoms with Crippen molar-refractivity contribution in [3.05, 3.63) is 388 Å².